The average molecular weight is 259 g/mol. The maximum absolute atomic E-state index is 5.65. The van der Waals surface area contributed by atoms with E-state index in [0.29, 0.717) is 6.61 Å². The molecule has 1 heterocycles. The Morgan fingerprint density at radius 3 is 2.56 bits per heavy atom. The zero-order valence-electron chi connectivity index (χ0n) is 11.6. The number of hydrogen-bond donors (Lipinski definition) is 2. The molecular formula is C12H25N3O3. The van der Waals surface area contributed by atoms with Crippen molar-refractivity contribution < 1.29 is 14.2 Å². The van der Waals surface area contributed by atoms with Gasteiger partial charge in [0.1, 0.15) is 0 Å². The number of nitrogens with zero attached hydrogens (tertiary/aromatic N) is 1. The smallest absolute Gasteiger partial charge is 0.191 e. The molecule has 0 unspecified atom stereocenters. The van der Waals surface area contributed by atoms with Crippen LogP contribution in [0.2, 0.25) is 0 Å². The van der Waals surface area contributed by atoms with Gasteiger partial charge < -0.3 is 24.8 Å². The summed E-state index contributed by atoms with van der Waals surface area (Å²) in [7, 11) is 5.19. The molecule has 1 aliphatic rings. The minimum atomic E-state index is -0.142. The molecule has 1 fully saturated rings. The predicted octanol–water partition coefficient (Wildman–Crippen LogP) is -0.00660. The minimum Gasteiger partial charge on any atom is -0.383 e. The molecule has 0 aliphatic carbocycles. The number of guanidine groups is 1. The number of nitrogens with one attached hydrogen (secondary N) is 2. The van der Waals surface area contributed by atoms with Gasteiger partial charge in [-0.15, -0.1) is 0 Å². The Balaban J connectivity index is 2.35. The SMILES string of the molecule is CN=C(NCCOC)NCC1(OC)CCOCC1. The molecule has 6 nitrogen and oxygen atoms in total. The van der Waals surface area contributed by atoms with Crippen molar-refractivity contribution in [3.63, 3.8) is 0 Å². The van der Waals surface area contributed by atoms with Gasteiger partial charge in [-0.05, 0) is 0 Å². The molecular weight excluding hydrogens is 234 g/mol. The molecule has 2 N–H and O–H groups in total. The van der Waals surface area contributed by atoms with Crippen molar-refractivity contribution in [1.29, 1.82) is 0 Å². The molecule has 0 spiro atoms. The summed E-state index contributed by atoms with van der Waals surface area (Å²) < 4.78 is 16.0. The van der Waals surface area contributed by atoms with Gasteiger partial charge in [0.2, 0.25) is 0 Å². The van der Waals surface area contributed by atoms with Crippen LogP contribution in [0.15, 0.2) is 4.99 Å². The van der Waals surface area contributed by atoms with Crippen LogP contribution < -0.4 is 10.6 Å². The van der Waals surface area contributed by atoms with Gasteiger partial charge in [0.25, 0.3) is 0 Å². The quantitative estimate of drug-likeness (QED) is 0.399. The number of rotatable bonds is 6. The van der Waals surface area contributed by atoms with E-state index >= 15 is 0 Å². The maximum Gasteiger partial charge on any atom is 0.191 e. The van der Waals surface area contributed by atoms with Gasteiger partial charge in [-0.2, -0.15) is 0 Å². The average Bonchev–Trinajstić information content (AvgIpc) is 2.43. The normalized spacial score (nSPS) is 19.6. The summed E-state index contributed by atoms with van der Waals surface area (Å²) in [5, 5.41) is 6.47. The highest BCUT2D eigenvalue weighted by molar-refractivity contribution is 5.79. The third kappa shape index (κ3) is 4.80. The fourth-order valence-electron chi connectivity index (χ4n) is 1.93. The Morgan fingerprint density at radius 2 is 2.00 bits per heavy atom. The van der Waals surface area contributed by atoms with Gasteiger partial charge in [-0.1, -0.05) is 0 Å². The van der Waals surface area contributed by atoms with Gasteiger partial charge in [0.05, 0.1) is 12.2 Å². The fourth-order valence-corrected chi connectivity index (χ4v) is 1.93. The van der Waals surface area contributed by atoms with Crippen molar-refractivity contribution in [2.45, 2.75) is 18.4 Å². The van der Waals surface area contributed by atoms with E-state index in [1.54, 1.807) is 21.3 Å². The standard InChI is InChI=1S/C12H25N3O3/c1-13-11(14-6-9-16-2)15-10-12(17-3)4-7-18-8-5-12/h4-10H2,1-3H3,(H2,13,14,15). The lowest BCUT2D eigenvalue weighted by Gasteiger charge is -2.36. The van der Waals surface area contributed by atoms with Crippen LogP contribution in [0.5, 0.6) is 0 Å². The van der Waals surface area contributed by atoms with E-state index in [1.165, 1.54) is 0 Å². The first kappa shape index (κ1) is 15.2. The summed E-state index contributed by atoms with van der Waals surface area (Å²) in [5.74, 6) is 0.773. The summed E-state index contributed by atoms with van der Waals surface area (Å²) >= 11 is 0. The van der Waals surface area contributed by atoms with E-state index in [-0.39, 0.29) is 5.60 Å². The lowest BCUT2D eigenvalue weighted by atomic mass is 9.94. The number of hydrogen-bond acceptors (Lipinski definition) is 4. The number of ether oxygens (including phenoxy) is 3. The summed E-state index contributed by atoms with van der Waals surface area (Å²) in [6.07, 6.45) is 1.82. The van der Waals surface area contributed by atoms with Crippen LogP contribution >= 0.6 is 0 Å². The monoisotopic (exact) mass is 259 g/mol. The highest BCUT2D eigenvalue weighted by Crippen LogP contribution is 2.23. The van der Waals surface area contributed by atoms with E-state index in [2.05, 4.69) is 15.6 Å². The minimum absolute atomic E-state index is 0.142. The Hall–Kier alpha value is -0.850. The molecule has 0 aromatic rings. The van der Waals surface area contributed by atoms with E-state index in [0.717, 1.165) is 45.1 Å². The van der Waals surface area contributed by atoms with Crippen LogP contribution in [0.3, 0.4) is 0 Å². The molecule has 18 heavy (non-hydrogen) atoms. The Morgan fingerprint density at radius 1 is 1.28 bits per heavy atom. The van der Waals surface area contributed by atoms with Crippen molar-refractivity contribution in [3.8, 4) is 0 Å². The van der Waals surface area contributed by atoms with Crippen LogP contribution in [-0.4, -0.2) is 65.7 Å². The lowest BCUT2D eigenvalue weighted by molar-refractivity contribution is -0.0855. The first-order valence-corrected chi connectivity index (χ1v) is 6.33. The number of aliphatic imine (C=N–C) groups is 1. The highest BCUT2D eigenvalue weighted by atomic mass is 16.5. The zero-order chi connectivity index (χ0) is 13.3. The van der Waals surface area contributed by atoms with Crippen LogP contribution in [0, 0.1) is 0 Å². The maximum atomic E-state index is 5.65. The van der Waals surface area contributed by atoms with E-state index in [9.17, 15) is 0 Å². The van der Waals surface area contributed by atoms with Crippen molar-refractivity contribution in [2.75, 3.05) is 54.2 Å². The first-order valence-electron chi connectivity index (χ1n) is 6.33. The van der Waals surface area contributed by atoms with Gasteiger partial charge in [-0.3, -0.25) is 4.99 Å². The van der Waals surface area contributed by atoms with Crippen LogP contribution in [0.4, 0.5) is 0 Å². The summed E-state index contributed by atoms with van der Waals surface area (Å²) in [5.41, 5.74) is -0.142. The van der Waals surface area contributed by atoms with Crippen molar-refractivity contribution in [2.24, 2.45) is 4.99 Å². The van der Waals surface area contributed by atoms with Crippen LogP contribution in [-0.2, 0) is 14.2 Å². The van der Waals surface area contributed by atoms with Crippen molar-refractivity contribution >= 4 is 5.96 Å². The van der Waals surface area contributed by atoms with E-state index in [1.807, 2.05) is 0 Å². The molecule has 1 aliphatic heterocycles. The summed E-state index contributed by atoms with van der Waals surface area (Å²) in [4.78, 5) is 4.16. The molecule has 0 bridgehead atoms. The number of methoxy groups -OCH3 is 2. The van der Waals surface area contributed by atoms with Crippen LogP contribution in [0.25, 0.3) is 0 Å². The third-order valence-corrected chi connectivity index (χ3v) is 3.24. The van der Waals surface area contributed by atoms with Gasteiger partial charge in [0.15, 0.2) is 5.96 Å². The molecule has 0 aromatic carbocycles. The van der Waals surface area contributed by atoms with Gasteiger partial charge in [0, 0.05) is 60.4 Å². The molecule has 0 atom stereocenters. The topological polar surface area (TPSA) is 64.1 Å². The van der Waals surface area contributed by atoms with Crippen molar-refractivity contribution in [3.05, 3.63) is 0 Å². The van der Waals surface area contributed by atoms with Gasteiger partial charge >= 0.3 is 0 Å². The second kappa shape index (κ2) is 8.29. The van der Waals surface area contributed by atoms with Gasteiger partial charge in [-0.25, -0.2) is 0 Å². The Bertz CT molecular complexity index is 253. The predicted molar refractivity (Wildman–Crippen MR) is 71.0 cm³/mol. The fraction of sp³-hybridized carbons (Fsp3) is 0.917. The molecule has 0 saturated carbocycles. The third-order valence-electron chi connectivity index (χ3n) is 3.24. The highest BCUT2D eigenvalue weighted by Gasteiger charge is 2.32. The second-order valence-electron chi connectivity index (χ2n) is 4.34. The molecule has 106 valence electrons. The van der Waals surface area contributed by atoms with E-state index < -0.39 is 0 Å². The second-order valence-corrected chi connectivity index (χ2v) is 4.34. The Labute approximate surface area is 109 Å². The lowest BCUT2D eigenvalue weighted by Crippen LogP contribution is -2.51. The Kier molecular flexibility index (Phi) is 7.00. The molecule has 1 rings (SSSR count). The molecule has 0 amide bonds. The molecule has 0 radical (unpaired) electrons. The summed E-state index contributed by atoms with van der Waals surface area (Å²) in [6, 6.07) is 0. The largest absolute Gasteiger partial charge is 0.383 e. The zero-order valence-corrected chi connectivity index (χ0v) is 11.6. The first-order chi connectivity index (χ1) is 8.76. The van der Waals surface area contributed by atoms with E-state index in [4.69, 9.17) is 14.2 Å². The molecule has 6 heteroatoms. The molecule has 1 saturated heterocycles. The summed E-state index contributed by atoms with van der Waals surface area (Å²) in [6.45, 7) is 3.64. The van der Waals surface area contributed by atoms with Crippen molar-refractivity contribution in [1.82, 2.24) is 10.6 Å². The molecule has 0 aromatic heterocycles. The van der Waals surface area contributed by atoms with Crippen LogP contribution in [0.1, 0.15) is 12.8 Å².